The first-order chi connectivity index (χ1) is 14.9. The van der Waals surface area contributed by atoms with Gasteiger partial charge in [-0.3, -0.25) is 14.4 Å². The molecular weight excluding hydrogens is 392 g/mol. The summed E-state index contributed by atoms with van der Waals surface area (Å²) in [4.78, 5) is 36.4. The average Bonchev–Trinajstić information content (AvgIpc) is 2.72. The van der Waals surface area contributed by atoms with Gasteiger partial charge in [-0.15, -0.1) is 0 Å². The van der Waals surface area contributed by atoms with Gasteiger partial charge in [0.1, 0.15) is 0 Å². The number of carbonyl (C=O) groups excluding carboxylic acids is 3. The molecule has 0 unspecified atom stereocenters. The van der Waals surface area contributed by atoms with Crippen molar-refractivity contribution in [3.63, 3.8) is 0 Å². The topological polar surface area (TPSA) is 99.3 Å². The highest BCUT2D eigenvalue weighted by atomic mass is 16.2. The molecule has 7 heteroatoms. The molecule has 31 heavy (non-hydrogen) atoms. The Bertz CT molecular complexity index is 896. The van der Waals surface area contributed by atoms with Gasteiger partial charge in [0.25, 0.3) is 5.91 Å². The molecule has 0 heterocycles. The van der Waals surface area contributed by atoms with Crippen LogP contribution >= 0.6 is 0 Å². The summed E-state index contributed by atoms with van der Waals surface area (Å²) in [6, 6.07) is 14.1. The number of rotatable bonds is 11. The van der Waals surface area contributed by atoms with E-state index >= 15 is 0 Å². The smallest absolute Gasteiger partial charge is 0.251 e. The normalized spacial score (nSPS) is 10.5. The number of unbranched alkanes of at least 4 members (excludes halogenated alkanes) is 2. The SMILES string of the molecule is CCCCCC(=O)Nc1cccc(NC(=O)CNc2cccc(C(=O)NC(C)C)c2)c1. The number of carbonyl (C=O) groups is 3. The van der Waals surface area contributed by atoms with Crippen molar-refractivity contribution in [1.82, 2.24) is 5.32 Å². The minimum atomic E-state index is -0.233. The van der Waals surface area contributed by atoms with Gasteiger partial charge in [-0.2, -0.15) is 0 Å². The minimum absolute atomic E-state index is 0.0278. The van der Waals surface area contributed by atoms with E-state index in [4.69, 9.17) is 0 Å². The van der Waals surface area contributed by atoms with E-state index in [1.54, 1.807) is 48.5 Å². The lowest BCUT2D eigenvalue weighted by molar-refractivity contribution is -0.116. The number of hydrogen-bond acceptors (Lipinski definition) is 4. The van der Waals surface area contributed by atoms with Gasteiger partial charge < -0.3 is 21.3 Å². The maximum Gasteiger partial charge on any atom is 0.251 e. The Kier molecular flexibility index (Phi) is 9.55. The predicted octanol–water partition coefficient (Wildman–Crippen LogP) is 4.39. The molecule has 0 aliphatic carbocycles. The van der Waals surface area contributed by atoms with E-state index in [1.165, 1.54) is 0 Å². The first-order valence-corrected chi connectivity index (χ1v) is 10.7. The zero-order valence-corrected chi connectivity index (χ0v) is 18.5. The standard InChI is InChI=1S/C24H32N4O3/c1-4-5-6-13-22(29)27-20-11-8-12-21(15-20)28-23(30)16-25-19-10-7-9-18(14-19)24(31)26-17(2)3/h7-12,14-15,17,25H,4-6,13,16H2,1-3H3,(H,26,31)(H,27,29)(H,28,30). The molecule has 0 aliphatic heterocycles. The lowest BCUT2D eigenvalue weighted by Gasteiger charge is -2.11. The van der Waals surface area contributed by atoms with Gasteiger partial charge in [0.05, 0.1) is 6.54 Å². The summed E-state index contributed by atoms with van der Waals surface area (Å²) in [5.74, 6) is -0.417. The van der Waals surface area contributed by atoms with Crippen LogP contribution in [0.15, 0.2) is 48.5 Å². The molecule has 0 atom stereocenters. The summed E-state index contributed by atoms with van der Waals surface area (Å²) in [5, 5.41) is 11.5. The molecular formula is C24H32N4O3. The quantitative estimate of drug-likeness (QED) is 0.402. The predicted molar refractivity (Wildman–Crippen MR) is 125 cm³/mol. The molecule has 0 fully saturated rings. The third-order valence-corrected chi connectivity index (χ3v) is 4.44. The van der Waals surface area contributed by atoms with E-state index in [0.29, 0.717) is 29.0 Å². The fourth-order valence-electron chi connectivity index (χ4n) is 2.94. The van der Waals surface area contributed by atoms with Crippen molar-refractivity contribution in [2.75, 3.05) is 22.5 Å². The van der Waals surface area contributed by atoms with Crippen molar-refractivity contribution in [3.05, 3.63) is 54.1 Å². The fraction of sp³-hybridized carbons (Fsp3) is 0.375. The van der Waals surface area contributed by atoms with Crippen molar-refractivity contribution >= 4 is 34.8 Å². The summed E-state index contributed by atoms with van der Waals surface area (Å²) < 4.78 is 0. The molecule has 7 nitrogen and oxygen atoms in total. The van der Waals surface area contributed by atoms with E-state index < -0.39 is 0 Å². The van der Waals surface area contributed by atoms with Gasteiger partial charge in [0.2, 0.25) is 11.8 Å². The van der Waals surface area contributed by atoms with Crippen LogP contribution in [0.2, 0.25) is 0 Å². The highest BCUT2D eigenvalue weighted by Gasteiger charge is 2.09. The van der Waals surface area contributed by atoms with E-state index in [9.17, 15) is 14.4 Å². The number of amides is 3. The molecule has 3 amide bonds. The zero-order valence-electron chi connectivity index (χ0n) is 18.5. The number of hydrogen-bond donors (Lipinski definition) is 4. The van der Waals surface area contributed by atoms with Crippen molar-refractivity contribution in [1.29, 1.82) is 0 Å². The molecule has 0 aromatic heterocycles. The summed E-state index contributed by atoms with van der Waals surface area (Å²) in [6.45, 7) is 5.94. The summed E-state index contributed by atoms with van der Waals surface area (Å²) in [6.07, 6.45) is 3.45. The van der Waals surface area contributed by atoms with Crippen LogP contribution in [-0.4, -0.2) is 30.3 Å². The van der Waals surface area contributed by atoms with Gasteiger partial charge in [-0.05, 0) is 56.7 Å². The minimum Gasteiger partial charge on any atom is -0.376 e. The largest absolute Gasteiger partial charge is 0.376 e. The summed E-state index contributed by atoms with van der Waals surface area (Å²) in [7, 11) is 0. The van der Waals surface area contributed by atoms with Crippen molar-refractivity contribution in [2.24, 2.45) is 0 Å². The lowest BCUT2D eigenvalue weighted by atomic mass is 10.1. The lowest BCUT2D eigenvalue weighted by Crippen LogP contribution is -2.30. The molecule has 2 aromatic rings. The Morgan fingerprint density at radius 2 is 1.48 bits per heavy atom. The van der Waals surface area contributed by atoms with Crippen LogP contribution in [0.3, 0.4) is 0 Å². The maximum atomic E-state index is 12.3. The average molecular weight is 425 g/mol. The van der Waals surface area contributed by atoms with E-state index in [2.05, 4.69) is 28.2 Å². The molecule has 4 N–H and O–H groups in total. The highest BCUT2D eigenvalue weighted by molar-refractivity contribution is 5.97. The molecule has 0 saturated heterocycles. The monoisotopic (exact) mass is 424 g/mol. The van der Waals surface area contributed by atoms with Gasteiger partial charge in [0, 0.05) is 35.1 Å². The Morgan fingerprint density at radius 3 is 2.16 bits per heavy atom. The van der Waals surface area contributed by atoms with Gasteiger partial charge in [0.15, 0.2) is 0 Å². The van der Waals surface area contributed by atoms with Crippen LogP contribution < -0.4 is 21.3 Å². The number of benzene rings is 2. The molecule has 0 spiro atoms. The second-order valence-electron chi connectivity index (χ2n) is 7.70. The first-order valence-electron chi connectivity index (χ1n) is 10.7. The number of nitrogens with one attached hydrogen (secondary N) is 4. The molecule has 0 aliphatic rings. The molecule has 166 valence electrons. The Labute approximate surface area is 184 Å². The summed E-state index contributed by atoms with van der Waals surface area (Å²) >= 11 is 0. The third-order valence-electron chi connectivity index (χ3n) is 4.44. The molecule has 0 radical (unpaired) electrons. The summed E-state index contributed by atoms with van der Waals surface area (Å²) in [5.41, 5.74) is 2.46. The third kappa shape index (κ3) is 8.90. The van der Waals surface area contributed by atoms with Crippen LogP contribution in [0, 0.1) is 0 Å². The van der Waals surface area contributed by atoms with E-state index in [-0.39, 0.29) is 30.3 Å². The van der Waals surface area contributed by atoms with Gasteiger partial charge in [-0.25, -0.2) is 0 Å². The molecule has 2 aromatic carbocycles. The maximum absolute atomic E-state index is 12.3. The van der Waals surface area contributed by atoms with Crippen LogP contribution in [0.5, 0.6) is 0 Å². The van der Waals surface area contributed by atoms with Gasteiger partial charge in [-0.1, -0.05) is 31.9 Å². The van der Waals surface area contributed by atoms with Crippen molar-refractivity contribution < 1.29 is 14.4 Å². The Morgan fingerprint density at radius 1 is 0.839 bits per heavy atom. The second-order valence-corrected chi connectivity index (χ2v) is 7.70. The Balaban J connectivity index is 1.86. The fourth-order valence-corrected chi connectivity index (χ4v) is 2.94. The molecule has 0 saturated carbocycles. The van der Waals surface area contributed by atoms with Crippen LogP contribution in [0.25, 0.3) is 0 Å². The van der Waals surface area contributed by atoms with E-state index in [0.717, 1.165) is 19.3 Å². The van der Waals surface area contributed by atoms with Crippen LogP contribution in [0.1, 0.15) is 56.8 Å². The van der Waals surface area contributed by atoms with Crippen molar-refractivity contribution in [2.45, 2.75) is 52.5 Å². The number of anilines is 3. The van der Waals surface area contributed by atoms with Crippen LogP contribution in [-0.2, 0) is 9.59 Å². The van der Waals surface area contributed by atoms with Crippen LogP contribution in [0.4, 0.5) is 17.1 Å². The van der Waals surface area contributed by atoms with Gasteiger partial charge >= 0.3 is 0 Å². The Hall–Kier alpha value is -3.35. The van der Waals surface area contributed by atoms with E-state index in [1.807, 2.05) is 13.8 Å². The van der Waals surface area contributed by atoms with Crippen molar-refractivity contribution in [3.8, 4) is 0 Å². The highest BCUT2D eigenvalue weighted by Crippen LogP contribution is 2.16. The zero-order chi connectivity index (χ0) is 22.6. The first kappa shape index (κ1) is 23.9. The molecule has 0 bridgehead atoms. The second kappa shape index (κ2) is 12.4. The molecule has 2 rings (SSSR count).